The topological polar surface area (TPSA) is 179 Å². The molecule has 3 heterocycles. The number of aromatic nitrogens is 1. The van der Waals surface area contributed by atoms with Gasteiger partial charge >= 0.3 is 0 Å². The lowest BCUT2D eigenvalue weighted by atomic mass is 9.89. The van der Waals surface area contributed by atoms with Gasteiger partial charge in [-0.3, -0.25) is 34.2 Å². The molecule has 48 heavy (non-hydrogen) atoms. The van der Waals surface area contributed by atoms with Gasteiger partial charge in [-0.1, -0.05) is 6.07 Å². The number of nitrogens with one attached hydrogen (secondary N) is 4. The molecule has 1 unspecified atom stereocenters. The van der Waals surface area contributed by atoms with Crippen LogP contribution in [0.1, 0.15) is 59.2 Å². The number of aliphatic hydroxyl groups is 1. The Labute approximate surface area is 277 Å². The molecule has 1 atom stereocenters. The van der Waals surface area contributed by atoms with Crippen LogP contribution in [0.15, 0.2) is 35.7 Å². The molecule has 0 radical (unpaired) electrons. The second kappa shape index (κ2) is 14.0. The SMILES string of the molecule is O=C1CCC(N2C(=O)c3cccc(NCCCC(=O)NC4CC(Oc5c(-c6csc(NCCO)n6)ccc(F)c5F)C4)c3C2=O)C(=O)N1. The number of ether oxygens (including phenoxy) is 1. The van der Waals surface area contributed by atoms with Crippen molar-refractivity contribution in [2.45, 2.75) is 56.7 Å². The molecule has 1 saturated heterocycles. The van der Waals surface area contributed by atoms with E-state index in [1.807, 2.05) is 0 Å². The van der Waals surface area contributed by atoms with Crippen LogP contribution in [-0.2, 0) is 14.4 Å². The van der Waals surface area contributed by atoms with E-state index in [0.717, 1.165) is 11.0 Å². The van der Waals surface area contributed by atoms with Crippen molar-refractivity contribution in [1.82, 2.24) is 20.5 Å². The number of hydrogen-bond donors (Lipinski definition) is 5. The molecule has 1 aromatic heterocycles. The van der Waals surface area contributed by atoms with Crippen LogP contribution in [0.4, 0.5) is 19.6 Å². The standard InChI is InChI=1S/C32H32F2N6O7S/c33-20-7-6-18(22-15-48-32(38-22)36-11-12-41)28(27(20)34)47-17-13-16(14-17)37-24(42)5-2-10-35-21-4-1-3-19-26(21)31(46)40(30(19)45)23-8-9-25(43)39-29(23)44/h1,3-4,6-7,15-17,23,35,41H,2,5,8-14H2,(H,36,38)(H,37,42)(H,39,43,44). The number of halogens is 2. The van der Waals surface area contributed by atoms with Crippen molar-refractivity contribution in [2.24, 2.45) is 0 Å². The predicted molar refractivity (Wildman–Crippen MR) is 169 cm³/mol. The minimum atomic E-state index is -1.12. The molecule has 2 aliphatic heterocycles. The molecule has 2 aromatic carbocycles. The third-order valence-electron chi connectivity index (χ3n) is 8.33. The highest BCUT2D eigenvalue weighted by molar-refractivity contribution is 7.14. The highest BCUT2D eigenvalue weighted by atomic mass is 32.1. The Bertz CT molecular complexity index is 1780. The molecule has 0 spiro atoms. The van der Waals surface area contributed by atoms with Gasteiger partial charge in [0.1, 0.15) is 12.1 Å². The number of anilines is 2. The summed E-state index contributed by atoms with van der Waals surface area (Å²) in [6.07, 6.45) is 1.00. The molecule has 1 aliphatic carbocycles. The monoisotopic (exact) mass is 682 g/mol. The third kappa shape index (κ3) is 6.71. The maximum absolute atomic E-state index is 14.8. The lowest BCUT2D eigenvalue weighted by Crippen LogP contribution is -2.54. The Morgan fingerprint density at radius 3 is 2.65 bits per heavy atom. The first-order valence-corrected chi connectivity index (χ1v) is 16.4. The number of carbonyl (C=O) groups is 5. The molecular formula is C32H32F2N6O7S. The Balaban J connectivity index is 0.973. The van der Waals surface area contributed by atoms with E-state index in [4.69, 9.17) is 9.84 Å². The van der Waals surface area contributed by atoms with E-state index in [1.165, 1.54) is 23.5 Å². The van der Waals surface area contributed by atoms with E-state index >= 15 is 0 Å². The molecule has 1 saturated carbocycles. The van der Waals surface area contributed by atoms with Crippen molar-refractivity contribution in [3.05, 3.63) is 58.5 Å². The molecule has 6 rings (SSSR count). The minimum Gasteiger partial charge on any atom is -0.486 e. The minimum absolute atomic E-state index is 0.0252. The molecule has 3 aromatic rings. The van der Waals surface area contributed by atoms with Gasteiger partial charge in [0, 0.05) is 61.4 Å². The highest BCUT2D eigenvalue weighted by Crippen LogP contribution is 2.38. The number of nitrogens with zero attached hydrogens (tertiary/aromatic N) is 2. The lowest BCUT2D eigenvalue weighted by Gasteiger charge is -2.36. The van der Waals surface area contributed by atoms with Gasteiger partial charge in [0.25, 0.3) is 11.8 Å². The second-order valence-electron chi connectivity index (χ2n) is 11.6. The van der Waals surface area contributed by atoms with Gasteiger partial charge < -0.3 is 25.8 Å². The van der Waals surface area contributed by atoms with Crippen LogP contribution in [0.5, 0.6) is 5.75 Å². The van der Waals surface area contributed by atoms with Crippen molar-refractivity contribution in [3.63, 3.8) is 0 Å². The van der Waals surface area contributed by atoms with Gasteiger partial charge in [0.05, 0.1) is 23.4 Å². The van der Waals surface area contributed by atoms with Crippen molar-refractivity contribution < 1.29 is 42.6 Å². The normalized spacial score (nSPS) is 20.2. The van der Waals surface area contributed by atoms with Crippen LogP contribution in [-0.4, -0.2) is 82.4 Å². The highest BCUT2D eigenvalue weighted by Gasteiger charge is 2.45. The first-order chi connectivity index (χ1) is 23.1. The molecule has 0 bridgehead atoms. The molecule has 13 nitrogen and oxygen atoms in total. The van der Waals surface area contributed by atoms with Crippen molar-refractivity contribution in [2.75, 3.05) is 30.3 Å². The summed E-state index contributed by atoms with van der Waals surface area (Å²) in [5.74, 6) is -4.99. The van der Waals surface area contributed by atoms with Gasteiger partial charge in [-0.05, 0) is 37.1 Å². The summed E-state index contributed by atoms with van der Waals surface area (Å²) in [6, 6.07) is 5.90. The van der Waals surface area contributed by atoms with Crippen LogP contribution < -0.4 is 26.0 Å². The van der Waals surface area contributed by atoms with E-state index in [2.05, 4.69) is 26.3 Å². The number of aliphatic hydroxyl groups excluding tert-OH is 1. The Kier molecular flexibility index (Phi) is 9.63. The molecular weight excluding hydrogens is 650 g/mol. The fourth-order valence-electron chi connectivity index (χ4n) is 5.87. The third-order valence-corrected chi connectivity index (χ3v) is 9.13. The van der Waals surface area contributed by atoms with E-state index < -0.39 is 47.4 Å². The number of fused-ring (bicyclic) bond motifs is 1. The number of piperidine rings is 1. The molecule has 16 heteroatoms. The summed E-state index contributed by atoms with van der Waals surface area (Å²) in [5.41, 5.74) is 1.39. The van der Waals surface area contributed by atoms with Crippen LogP contribution in [0.3, 0.4) is 0 Å². The van der Waals surface area contributed by atoms with E-state index in [1.54, 1.807) is 17.5 Å². The van der Waals surface area contributed by atoms with E-state index in [-0.39, 0.29) is 54.7 Å². The van der Waals surface area contributed by atoms with Crippen LogP contribution in [0.25, 0.3) is 11.3 Å². The Morgan fingerprint density at radius 2 is 1.88 bits per heavy atom. The fourth-order valence-corrected chi connectivity index (χ4v) is 6.61. The van der Waals surface area contributed by atoms with Crippen LogP contribution in [0.2, 0.25) is 0 Å². The summed E-state index contributed by atoms with van der Waals surface area (Å²) in [4.78, 5) is 68.0. The first-order valence-electron chi connectivity index (χ1n) is 15.5. The molecule has 5 amide bonds. The Morgan fingerprint density at radius 1 is 1.06 bits per heavy atom. The summed E-state index contributed by atoms with van der Waals surface area (Å²) in [5, 5.41) is 22.3. The number of carbonyl (C=O) groups excluding carboxylic acids is 5. The van der Waals surface area contributed by atoms with Gasteiger partial charge in [0.2, 0.25) is 23.5 Å². The van der Waals surface area contributed by atoms with Gasteiger partial charge in [-0.25, -0.2) is 9.37 Å². The quantitative estimate of drug-likeness (QED) is 0.133. The second-order valence-corrected chi connectivity index (χ2v) is 12.5. The summed E-state index contributed by atoms with van der Waals surface area (Å²) >= 11 is 1.26. The lowest BCUT2D eigenvalue weighted by molar-refractivity contribution is -0.136. The van der Waals surface area contributed by atoms with Crippen molar-refractivity contribution >= 4 is 51.7 Å². The number of thiazole rings is 1. The van der Waals surface area contributed by atoms with Gasteiger partial charge in [-0.15, -0.1) is 11.3 Å². The average molecular weight is 683 g/mol. The predicted octanol–water partition coefficient (Wildman–Crippen LogP) is 2.81. The maximum Gasteiger partial charge on any atom is 0.264 e. The first kappa shape index (κ1) is 33.0. The van der Waals surface area contributed by atoms with Crippen LogP contribution >= 0.6 is 11.3 Å². The van der Waals surface area contributed by atoms with Crippen molar-refractivity contribution in [1.29, 1.82) is 0 Å². The number of imide groups is 2. The smallest absolute Gasteiger partial charge is 0.264 e. The Hall–Kier alpha value is -4.96. The zero-order valence-electron chi connectivity index (χ0n) is 25.5. The zero-order valence-corrected chi connectivity index (χ0v) is 26.3. The molecule has 5 N–H and O–H groups in total. The number of amides is 5. The summed E-state index contributed by atoms with van der Waals surface area (Å²) in [6.45, 7) is 0.528. The number of hydrogen-bond acceptors (Lipinski definition) is 11. The molecule has 3 aliphatic rings. The number of rotatable bonds is 13. The average Bonchev–Trinajstić information content (AvgIpc) is 3.62. The maximum atomic E-state index is 14.8. The number of benzene rings is 2. The summed E-state index contributed by atoms with van der Waals surface area (Å²) in [7, 11) is 0. The van der Waals surface area contributed by atoms with Crippen molar-refractivity contribution in [3.8, 4) is 17.0 Å². The summed E-state index contributed by atoms with van der Waals surface area (Å²) < 4.78 is 34.8. The van der Waals surface area contributed by atoms with E-state index in [0.29, 0.717) is 54.4 Å². The van der Waals surface area contributed by atoms with Gasteiger partial charge in [0.15, 0.2) is 16.7 Å². The zero-order chi connectivity index (χ0) is 33.9. The van der Waals surface area contributed by atoms with Gasteiger partial charge in [-0.2, -0.15) is 4.39 Å². The largest absolute Gasteiger partial charge is 0.486 e. The fraction of sp³-hybridized carbons (Fsp3) is 0.375. The van der Waals surface area contributed by atoms with E-state index in [9.17, 15) is 32.8 Å². The van der Waals surface area contributed by atoms with Crippen LogP contribution in [0, 0.1) is 11.6 Å². The molecule has 252 valence electrons. The molecule has 2 fully saturated rings.